The summed E-state index contributed by atoms with van der Waals surface area (Å²) in [5.41, 5.74) is 5.40. The Morgan fingerprint density at radius 3 is 2.90 bits per heavy atom. The molecule has 0 bridgehead atoms. The minimum absolute atomic E-state index is 0.534. The first-order valence-electron chi connectivity index (χ1n) is 3.13. The Morgan fingerprint density at radius 2 is 2.50 bits per heavy atom. The molecule has 2 nitrogen and oxygen atoms in total. The molecule has 10 heavy (non-hydrogen) atoms. The quantitative estimate of drug-likeness (QED) is 0.620. The monoisotopic (exact) mass is 159 g/mol. The van der Waals surface area contributed by atoms with Crippen LogP contribution in [0, 0.1) is 0 Å². The second kappa shape index (κ2) is 6.71. The fourth-order valence-corrected chi connectivity index (χ4v) is 1.06. The van der Waals surface area contributed by atoms with Crippen molar-refractivity contribution in [3.05, 3.63) is 24.0 Å². The normalized spacial score (nSPS) is 11.2. The van der Waals surface area contributed by atoms with Crippen molar-refractivity contribution in [2.75, 3.05) is 12.3 Å². The van der Waals surface area contributed by atoms with Crippen LogP contribution in [0.4, 0.5) is 0 Å². The number of ether oxygens (including phenoxy) is 1. The standard InChI is InChI=1S/C7H13NOS/c1-3-9-6-7(5-8)10-4-2/h3,6H,1,4-5,8H2,2H3/b7-6+. The second-order valence-electron chi connectivity index (χ2n) is 1.52. The Labute approximate surface area is 66.1 Å². The van der Waals surface area contributed by atoms with Gasteiger partial charge < -0.3 is 10.5 Å². The molecule has 58 valence electrons. The van der Waals surface area contributed by atoms with E-state index in [1.807, 2.05) is 0 Å². The molecule has 0 fully saturated rings. The van der Waals surface area contributed by atoms with Crippen molar-refractivity contribution >= 4 is 11.8 Å². The molecule has 0 saturated heterocycles. The summed E-state index contributed by atoms with van der Waals surface area (Å²) >= 11 is 1.68. The van der Waals surface area contributed by atoms with Crippen LogP contribution in [0.1, 0.15) is 6.92 Å². The molecule has 0 radical (unpaired) electrons. The van der Waals surface area contributed by atoms with Crippen LogP contribution in [0.3, 0.4) is 0 Å². The number of rotatable bonds is 5. The summed E-state index contributed by atoms with van der Waals surface area (Å²) in [5, 5.41) is 0. The van der Waals surface area contributed by atoms with Crippen LogP contribution >= 0.6 is 11.8 Å². The first kappa shape index (κ1) is 9.59. The maximum atomic E-state index is 5.40. The summed E-state index contributed by atoms with van der Waals surface area (Å²) in [5.74, 6) is 1.02. The fraction of sp³-hybridized carbons (Fsp3) is 0.429. The summed E-state index contributed by atoms with van der Waals surface area (Å²) in [6.07, 6.45) is 3.01. The van der Waals surface area contributed by atoms with Gasteiger partial charge in [0.1, 0.15) is 6.26 Å². The first-order valence-corrected chi connectivity index (χ1v) is 4.12. The van der Waals surface area contributed by atoms with Gasteiger partial charge in [0.2, 0.25) is 0 Å². The second-order valence-corrected chi connectivity index (χ2v) is 2.91. The molecular weight excluding hydrogens is 146 g/mol. The Balaban J connectivity index is 3.65. The first-order chi connectivity index (χ1) is 4.85. The molecule has 0 rings (SSSR count). The van der Waals surface area contributed by atoms with E-state index in [-0.39, 0.29) is 0 Å². The predicted molar refractivity (Wildman–Crippen MR) is 46.6 cm³/mol. The number of thioether (sulfide) groups is 1. The van der Waals surface area contributed by atoms with Crippen molar-refractivity contribution in [3.63, 3.8) is 0 Å². The highest BCUT2D eigenvalue weighted by Gasteiger charge is 1.91. The molecule has 0 aromatic heterocycles. The van der Waals surface area contributed by atoms with E-state index in [2.05, 4.69) is 13.5 Å². The van der Waals surface area contributed by atoms with E-state index in [0.717, 1.165) is 10.7 Å². The van der Waals surface area contributed by atoms with Crippen LogP contribution in [0.5, 0.6) is 0 Å². The molecule has 0 aliphatic heterocycles. The van der Waals surface area contributed by atoms with Gasteiger partial charge in [-0.3, -0.25) is 0 Å². The summed E-state index contributed by atoms with van der Waals surface area (Å²) in [6, 6.07) is 0. The molecule has 0 unspecified atom stereocenters. The maximum Gasteiger partial charge on any atom is 0.101 e. The van der Waals surface area contributed by atoms with Gasteiger partial charge in [0, 0.05) is 11.4 Å². The lowest BCUT2D eigenvalue weighted by Gasteiger charge is -1.99. The molecular formula is C7H13NOS. The molecule has 0 aliphatic rings. The zero-order valence-electron chi connectivity index (χ0n) is 6.17. The minimum Gasteiger partial charge on any atom is -0.472 e. The highest BCUT2D eigenvalue weighted by molar-refractivity contribution is 8.03. The van der Waals surface area contributed by atoms with Crippen molar-refractivity contribution in [2.45, 2.75) is 6.92 Å². The van der Waals surface area contributed by atoms with E-state index in [0.29, 0.717) is 6.54 Å². The Morgan fingerprint density at radius 1 is 1.80 bits per heavy atom. The Kier molecular flexibility index (Phi) is 6.43. The fourth-order valence-electron chi connectivity index (χ4n) is 0.450. The Bertz CT molecular complexity index is 123. The SMILES string of the molecule is C=CO/C=C(\CN)SCC. The lowest BCUT2D eigenvalue weighted by Crippen LogP contribution is -2.00. The third-order valence-electron chi connectivity index (χ3n) is 0.827. The van der Waals surface area contributed by atoms with Crippen molar-refractivity contribution in [1.82, 2.24) is 0 Å². The third kappa shape index (κ3) is 4.47. The molecule has 0 amide bonds. The van der Waals surface area contributed by atoms with E-state index >= 15 is 0 Å². The molecule has 0 aromatic carbocycles. The zero-order valence-corrected chi connectivity index (χ0v) is 6.99. The van der Waals surface area contributed by atoms with Gasteiger partial charge in [-0.2, -0.15) is 0 Å². The minimum atomic E-state index is 0.534. The van der Waals surface area contributed by atoms with E-state index < -0.39 is 0 Å². The van der Waals surface area contributed by atoms with E-state index in [1.165, 1.54) is 6.26 Å². The summed E-state index contributed by atoms with van der Waals surface area (Å²) in [7, 11) is 0. The van der Waals surface area contributed by atoms with Crippen LogP contribution in [0.2, 0.25) is 0 Å². The van der Waals surface area contributed by atoms with E-state index in [1.54, 1.807) is 18.0 Å². The molecule has 0 atom stereocenters. The third-order valence-corrected chi connectivity index (χ3v) is 1.75. The highest BCUT2D eigenvalue weighted by Crippen LogP contribution is 2.12. The van der Waals surface area contributed by atoms with Crippen LogP contribution in [-0.2, 0) is 4.74 Å². The van der Waals surface area contributed by atoms with Gasteiger partial charge in [0.15, 0.2) is 0 Å². The number of hydrogen-bond donors (Lipinski definition) is 1. The van der Waals surface area contributed by atoms with Gasteiger partial charge in [0.25, 0.3) is 0 Å². The van der Waals surface area contributed by atoms with E-state index in [9.17, 15) is 0 Å². The van der Waals surface area contributed by atoms with Crippen molar-refractivity contribution in [2.24, 2.45) is 5.73 Å². The van der Waals surface area contributed by atoms with Gasteiger partial charge >= 0.3 is 0 Å². The number of nitrogens with two attached hydrogens (primary N) is 1. The van der Waals surface area contributed by atoms with Gasteiger partial charge in [-0.1, -0.05) is 13.5 Å². The van der Waals surface area contributed by atoms with E-state index in [4.69, 9.17) is 10.5 Å². The average Bonchev–Trinajstić information content (AvgIpc) is 1.98. The molecule has 3 heteroatoms. The van der Waals surface area contributed by atoms with Crippen molar-refractivity contribution in [3.8, 4) is 0 Å². The molecule has 0 saturated carbocycles. The van der Waals surface area contributed by atoms with Crippen molar-refractivity contribution in [1.29, 1.82) is 0 Å². The summed E-state index contributed by atoms with van der Waals surface area (Å²) < 4.78 is 4.84. The summed E-state index contributed by atoms with van der Waals surface area (Å²) in [6.45, 7) is 6.02. The van der Waals surface area contributed by atoms with Gasteiger partial charge in [-0.25, -0.2) is 0 Å². The summed E-state index contributed by atoms with van der Waals surface area (Å²) in [4.78, 5) is 1.04. The zero-order chi connectivity index (χ0) is 7.82. The number of hydrogen-bond acceptors (Lipinski definition) is 3. The maximum absolute atomic E-state index is 5.40. The van der Waals surface area contributed by atoms with Crippen molar-refractivity contribution < 1.29 is 4.74 Å². The largest absolute Gasteiger partial charge is 0.472 e. The molecule has 0 aliphatic carbocycles. The average molecular weight is 159 g/mol. The van der Waals surface area contributed by atoms with Crippen LogP contribution in [-0.4, -0.2) is 12.3 Å². The van der Waals surface area contributed by atoms with Crippen LogP contribution < -0.4 is 5.73 Å². The van der Waals surface area contributed by atoms with Crippen LogP contribution in [0.25, 0.3) is 0 Å². The van der Waals surface area contributed by atoms with Gasteiger partial charge in [-0.05, 0) is 5.75 Å². The lowest BCUT2D eigenvalue weighted by atomic mass is 10.6. The molecule has 0 heterocycles. The molecule has 2 N–H and O–H groups in total. The lowest BCUT2D eigenvalue weighted by molar-refractivity contribution is 0.402. The predicted octanol–water partition coefficient (Wildman–Crippen LogP) is 1.70. The van der Waals surface area contributed by atoms with Gasteiger partial charge in [0.05, 0.1) is 6.26 Å². The van der Waals surface area contributed by atoms with Crippen LogP contribution in [0.15, 0.2) is 24.0 Å². The Hall–Kier alpha value is -0.410. The highest BCUT2D eigenvalue weighted by atomic mass is 32.2. The molecule has 0 spiro atoms. The topological polar surface area (TPSA) is 35.2 Å². The molecule has 0 aromatic rings. The smallest absolute Gasteiger partial charge is 0.101 e. The van der Waals surface area contributed by atoms with Gasteiger partial charge in [-0.15, -0.1) is 11.8 Å².